The van der Waals surface area contributed by atoms with E-state index in [4.69, 9.17) is 0 Å². The zero-order chi connectivity index (χ0) is 19.3. The normalized spacial score (nSPS) is 21.9. The molecule has 5 heteroatoms. The molecule has 3 fully saturated rings. The summed E-state index contributed by atoms with van der Waals surface area (Å²) in [6, 6.07) is 8.13. The minimum Gasteiger partial charge on any atom is -0.342 e. The fraction of sp³-hybridized carbons (Fsp3) is 0.652. The molecule has 0 atom stereocenters. The summed E-state index contributed by atoms with van der Waals surface area (Å²) in [5, 5.41) is 0. The van der Waals surface area contributed by atoms with E-state index >= 15 is 0 Å². The lowest BCUT2D eigenvalue weighted by atomic mass is 9.94. The molecule has 3 aliphatic rings. The van der Waals surface area contributed by atoms with Gasteiger partial charge in [-0.1, -0.05) is 12.1 Å². The van der Waals surface area contributed by atoms with Gasteiger partial charge in [0.25, 0.3) is 5.91 Å². The molecule has 0 aliphatic carbocycles. The largest absolute Gasteiger partial charge is 0.342 e. The molecular formula is C23H33N3O2. The van der Waals surface area contributed by atoms with Gasteiger partial charge in [0.2, 0.25) is 5.91 Å². The average molecular weight is 384 g/mol. The molecule has 0 unspecified atom stereocenters. The van der Waals surface area contributed by atoms with E-state index in [2.05, 4.69) is 21.9 Å². The van der Waals surface area contributed by atoms with Crippen molar-refractivity contribution in [3.05, 3.63) is 35.4 Å². The number of hydrogen-bond acceptors (Lipinski definition) is 3. The number of nitrogens with zero attached hydrogens (tertiary/aromatic N) is 3. The van der Waals surface area contributed by atoms with E-state index in [9.17, 15) is 9.59 Å². The predicted octanol–water partition coefficient (Wildman–Crippen LogP) is 3.15. The van der Waals surface area contributed by atoms with Crippen LogP contribution >= 0.6 is 0 Å². The molecule has 0 aromatic heterocycles. The van der Waals surface area contributed by atoms with Gasteiger partial charge in [-0.3, -0.25) is 14.5 Å². The molecule has 152 valence electrons. The molecular weight excluding hydrogens is 350 g/mol. The van der Waals surface area contributed by atoms with Gasteiger partial charge in [0, 0.05) is 44.2 Å². The Labute approximate surface area is 168 Å². The number of carbonyl (C=O) groups is 2. The number of carbonyl (C=O) groups excluding carboxylic acids is 2. The van der Waals surface area contributed by atoms with Crippen LogP contribution in [0, 0.1) is 5.92 Å². The first-order valence-corrected chi connectivity index (χ1v) is 11.1. The van der Waals surface area contributed by atoms with Crippen LogP contribution in [0.15, 0.2) is 24.3 Å². The molecule has 0 bridgehead atoms. The Morgan fingerprint density at radius 3 is 1.96 bits per heavy atom. The van der Waals surface area contributed by atoms with E-state index in [1.165, 1.54) is 24.8 Å². The predicted molar refractivity (Wildman–Crippen MR) is 110 cm³/mol. The minimum absolute atomic E-state index is 0.168. The molecule has 0 spiro atoms. The van der Waals surface area contributed by atoms with Crippen LogP contribution in [0.4, 0.5) is 0 Å². The van der Waals surface area contributed by atoms with E-state index in [0.29, 0.717) is 5.91 Å². The van der Waals surface area contributed by atoms with Gasteiger partial charge >= 0.3 is 0 Å². The van der Waals surface area contributed by atoms with Crippen molar-refractivity contribution in [1.29, 1.82) is 0 Å². The summed E-state index contributed by atoms with van der Waals surface area (Å²) in [6.07, 6.45) is 7.80. The number of piperidine rings is 2. The van der Waals surface area contributed by atoms with Gasteiger partial charge in [0.05, 0.1) is 0 Å². The Morgan fingerprint density at radius 1 is 0.750 bits per heavy atom. The topological polar surface area (TPSA) is 43.9 Å². The first-order chi connectivity index (χ1) is 13.7. The number of rotatable bonds is 4. The highest BCUT2D eigenvalue weighted by Gasteiger charge is 2.29. The number of hydrogen-bond donors (Lipinski definition) is 0. The maximum atomic E-state index is 12.7. The summed E-state index contributed by atoms with van der Waals surface area (Å²) in [6.45, 7) is 6.58. The summed E-state index contributed by atoms with van der Waals surface area (Å²) in [7, 11) is 0. The van der Waals surface area contributed by atoms with E-state index in [0.717, 1.165) is 77.1 Å². The molecule has 0 saturated carbocycles. The molecule has 0 radical (unpaired) electrons. The van der Waals surface area contributed by atoms with Crippen LogP contribution in [0.2, 0.25) is 0 Å². The molecule has 28 heavy (non-hydrogen) atoms. The van der Waals surface area contributed by atoms with Crippen molar-refractivity contribution in [3.8, 4) is 0 Å². The minimum atomic E-state index is 0.168. The highest BCUT2D eigenvalue weighted by atomic mass is 16.2. The second kappa shape index (κ2) is 9.08. The summed E-state index contributed by atoms with van der Waals surface area (Å²) in [5.74, 6) is 0.778. The van der Waals surface area contributed by atoms with Crippen LogP contribution in [0.5, 0.6) is 0 Å². The smallest absolute Gasteiger partial charge is 0.253 e. The zero-order valence-corrected chi connectivity index (χ0v) is 16.9. The number of likely N-dealkylation sites (tertiary alicyclic amines) is 3. The molecule has 1 aromatic rings. The second-order valence-electron chi connectivity index (χ2n) is 8.63. The first-order valence-electron chi connectivity index (χ1n) is 11.1. The Balaban J connectivity index is 1.25. The molecule has 1 aromatic carbocycles. The maximum absolute atomic E-state index is 12.7. The molecule has 2 amide bonds. The van der Waals surface area contributed by atoms with E-state index < -0.39 is 0 Å². The molecule has 0 N–H and O–H groups in total. The van der Waals surface area contributed by atoms with Crippen LogP contribution < -0.4 is 0 Å². The van der Waals surface area contributed by atoms with Gasteiger partial charge in [0.1, 0.15) is 0 Å². The number of benzene rings is 1. The third kappa shape index (κ3) is 4.57. The van der Waals surface area contributed by atoms with E-state index in [1.807, 2.05) is 17.0 Å². The van der Waals surface area contributed by atoms with Gasteiger partial charge in [-0.2, -0.15) is 0 Å². The summed E-state index contributed by atoms with van der Waals surface area (Å²) >= 11 is 0. The lowest BCUT2D eigenvalue weighted by molar-refractivity contribution is -0.138. The fourth-order valence-corrected chi connectivity index (χ4v) is 4.82. The van der Waals surface area contributed by atoms with E-state index in [1.54, 1.807) is 0 Å². The van der Waals surface area contributed by atoms with E-state index in [-0.39, 0.29) is 11.8 Å². The van der Waals surface area contributed by atoms with Crippen molar-refractivity contribution < 1.29 is 9.59 Å². The van der Waals surface area contributed by atoms with Crippen molar-refractivity contribution >= 4 is 11.8 Å². The fourth-order valence-electron chi connectivity index (χ4n) is 4.82. The lowest BCUT2D eigenvalue weighted by Gasteiger charge is -2.35. The van der Waals surface area contributed by atoms with Crippen molar-refractivity contribution in [2.75, 3.05) is 39.3 Å². The quantitative estimate of drug-likeness (QED) is 0.802. The van der Waals surface area contributed by atoms with Crippen LogP contribution in [-0.2, 0) is 11.3 Å². The third-order valence-corrected chi connectivity index (χ3v) is 6.60. The van der Waals surface area contributed by atoms with Gasteiger partial charge in [-0.05, 0) is 75.7 Å². The molecule has 5 nitrogen and oxygen atoms in total. The van der Waals surface area contributed by atoms with Gasteiger partial charge in [-0.25, -0.2) is 0 Å². The van der Waals surface area contributed by atoms with Gasteiger partial charge < -0.3 is 9.80 Å². The Hall–Kier alpha value is -1.88. The summed E-state index contributed by atoms with van der Waals surface area (Å²) in [5.41, 5.74) is 2.05. The number of amides is 2. The summed E-state index contributed by atoms with van der Waals surface area (Å²) in [4.78, 5) is 31.7. The van der Waals surface area contributed by atoms with Crippen molar-refractivity contribution in [2.45, 2.75) is 51.5 Å². The molecule has 3 heterocycles. The SMILES string of the molecule is O=C(c1ccc(CN2CCC(C(=O)N3CCCCC3)CC2)cc1)N1CCCC1. The average Bonchev–Trinajstić information content (AvgIpc) is 3.29. The van der Waals surface area contributed by atoms with Crippen molar-refractivity contribution in [1.82, 2.24) is 14.7 Å². The highest BCUT2D eigenvalue weighted by molar-refractivity contribution is 5.94. The molecule has 3 saturated heterocycles. The van der Waals surface area contributed by atoms with Crippen LogP contribution in [0.1, 0.15) is 60.9 Å². The second-order valence-corrected chi connectivity index (χ2v) is 8.63. The highest BCUT2D eigenvalue weighted by Crippen LogP contribution is 2.23. The molecule has 3 aliphatic heterocycles. The third-order valence-electron chi connectivity index (χ3n) is 6.60. The van der Waals surface area contributed by atoms with Gasteiger partial charge in [0.15, 0.2) is 0 Å². The Bertz CT molecular complexity index is 668. The monoisotopic (exact) mass is 383 g/mol. The standard InChI is InChI=1S/C23H33N3O2/c27-22(26-14-4-5-15-26)20-8-6-19(7-9-20)18-24-16-10-21(11-17-24)23(28)25-12-2-1-3-13-25/h6-9,21H,1-5,10-18H2. The first kappa shape index (κ1) is 19.4. The maximum Gasteiger partial charge on any atom is 0.253 e. The van der Waals surface area contributed by atoms with Crippen molar-refractivity contribution in [2.24, 2.45) is 5.92 Å². The summed E-state index contributed by atoms with van der Waals surface area (Å²) < 4.78 is 0. The Kier molecular flexibility index (Phi) is 6.30. The van der Waals surface area contributed by atoms with Crippen molar-refractivity contribution in [3.63, 3.8) is 0 Å². The van der Waals surface area contributed by atoms with Crippen LogP contribution in [0.3, 0.4) is 0 Å². The molecule has 4 rings (SSSR count). The lowest BCUT2D eigenvalue weighted by Crippen LogP contribution is -2.44. The van der Waals surface area contributed by atoms with Crippen LogP contribution in [0.25, 0.3) is 0 Å². The van der Waals surface area contributed by atoms with Crippen LogP contribution in [-0.4, -0.2) is 65.8 Å². The van der Waals surface area contributed by atoms with Gasteiger partial charge in [-0.15, -0.1) is 0 Å². The Morgan fingerprint density at radius 2 is 1.32 bits per heavy atom. The zero-order valence-electron chi connectivity index (χ0n) is 16.9.